The van der Waals surface area contributed by atoms with E-state index in [1.165, 1.54) is 0 Å². The Morgan fingerprint density at radius 3 is 1.38 bits per heavy atom. The molecule has 0 bridgehead atoms. The molecule has 0 aliphatic heterocycles. The second-order valence-corrected chi connectivity index (χ2v) is 3.52. The van der Waals surface area contributed by atoms with Gasteiger partial charge in [-0.2, -0.15) is 0 Å². The molecule has 0 aromatic heterocycles. The Bertz CT molecular complexity index is 29.7. The Morgan fingerprint density at radius 2 is 1.38 bits per heavy atom. The number of rotatable bonds is 1. The predicted molar refractivity (Wildman–Crippen MR) is 43.1 cm³/mol. The lowest BCUT2D eigenvalue weighted by atomic mass is 10.7. The van der Waals surface area contributed by atoms with Crippen LogP contribution in [0, 0.1) is 0 Å². The van der Waals surface area contributed by atoms with Crippen molar-refractivity contribution in [2.75, 3.05) is 20.6 Å². The second kappa shape index (κ2) is 10.5. The minimum absolute atomic E-state index is 0.417. The molecule has 0 N–H and O–H groups in total. The Balaban J connectivity index is 0. The van der Waals surface area contributed by atoms with Gasteiger partial charge in [0, 0.05) is 0 Å². The maximum atomic E-state index is 2.26. The van der Waals surface area contributed by atoms with Gasteiger partial charge in [0.1, 0.15) is 0 Å². The fraction of sp³-hybridized carbons (Fsp3) is 1.00. The van der Waals surface area contributed by atoms with Gasteiger partial charge >= 0.3 is 0 Å². The van der Waals surface area contributed by atoms with Crippen LogP contribution in [0.25, 0.3) is 0 Å². The van der Waals surface area contributed by atoms with E-state index >= 15 is 0 Å². The normalized spacial score (nSPS) is 7.75. The molecule has 8 heavy (non-hydrogen) atoms. The molecule has 0 heterocycles. The van der Waals surface area contributed by atoms with E-state index in [-0.39, 0.29) is 0 Å². The highest BCUT2D eigenvalue weighted by atomic mass is 27.1. The number of hydrogen-bond acceptors (Lipinski definition) is 1. The van der Waals surface area contributed by atoms with Crippen LogP contribution >= 0.6 is 0 Å². The fourth-order valence-electron chi connectivity index (χ4n) is 0. The summed E-state index contributed by atoms with van der Waals surface area (Å²) in [5, 5.41) is 0. The van der Waals surface area contributed by atoms with Gasteiger partial charge in [0.15, 0.2) is 0 Å². The van der Waals surface area contributed by atoms with E-state index in [4.69, 9.17) is 0 Å². The van der Waals surface area contributed by atoms with Gasteiger partial charge in [-0.25, -0.2) is 0 Å². The van der Waals surface area contributed by atoms with Crippen molar-refractivity contribution in [3.8, 4) is 0 Å². The van der Waals surface area contributed by atoms with E-state index < -0.39 is 0 Å². The van der Waals surface area contributed by atoms with Crippen LogP contribution in [-0.4, -0.2) is 40.8 Å². The van der Waals surface area contributed by atoms with E-state index in [1.54, 1.807) is 0 Å². The molecule has 0 aliphatic rings. The zero-order chi connectivity index (χ0) is 6.99. The first-order valence-corrected chi connectivity index (χ1v) is 6.16. The fourth-order valence-corrected chi connectivity index (χ4v) is 0. The SMILES string of the molecule is CCN(C)C.[CH3][AlH][CH3]. The van der Waals surface area contributed by atoms with Crippen LogP contribution in [0.1, 0.15) is 6.92 Å². The third-order valence-electron chi connectivity index (χ3n) is 0.632. The molecular weight excluding hydrogens is 113 g/mol. The summed E-state index contributed by atoms with van der Waals surface area (Å²) in [7, 11) is 4.11. The topological polar surface area (TPSA) is 3.24 Å². The first-order valence-electron chi connectivity index (χ1n) is 3.33. The molecule has 0 amide bonds. The Labute approximate surface area is 59.8 Å². The maximum absolute atomic E-state index is 2.26. The third kappa shape index (κ3) is 31.5. The van der Waals surface area contributed by atoms with E-state index in [2.05, 4.69) is 37.5 Å². The van der Waals surface area contributed by atoms with Crippen LogP contribution in [-0.2, 0) is 0 Å². The molecule has 0 radical (unpaired) electrons. The van der Waals surface area contributed by atoms with Crippen LogP contribution in [0.4, 0.5) is 0 Å². The highest BCUT2D eigenvalue weighted by Gasteiger charge is 1.72. The molecule has 0 rings (SSSR count). The third-order valence-corrected chi connectivity index (χ3v) is 0.632. The molecule has 0 unspecified atom stereocenters. The van der Waals surface area contributed by atoms with Crippen molar-refractivity contribution in [1.82, 2.24) is 4.90 Å². The molecule has 0 aromatic carbocycles. The van der Waals surface area contributed by atoms with Gasteiger partial charge in [0.05, 0.1) is 0 Å². The number of nitrogens with zero attached hydrogens (tertiary/aromatic N) is 1. The lowest BCUT2D eigenvalue weighted by Gasteiger charge is -2.00. The second-order valence-electron chi connectivity index (χ2n) is 2.10. The molecule has 0 fully saturated rings. The molecule has 0 aliphatic carbocycles. The molecule has 0 aromatic rings. The largest absolute Gasteiger partial charge is 0.310 e. The molecular formula is C6H18AlN. The van der Waals surface area contributed by atoms with E-state index in [0.717, 1.165) is 6.54 Å². The Hall–Kier alpha value is 0.492. The quantitative estimate of drug-likeness (QED) is 0.481. The summed E-state index contributed by atoms with van der Waals surface area (Å²) >= 11 is 0.417. The van der Waals surface area contributed by atoms with E-state index in [1.807, 2.05) is 0 Å². The Kier molecular flexibility index (Phi) is 14.8. The van der Waals surface area contributed by atoms with Gasteiger partial charge in [-0.3, -0.25) is 0 Å². The van der Waals surface area contributed by atoms with Crippen LogP contribution in [0.2, 0.25) is 11.6 Å². The lowest BCUT2D eigenvalue weighted by Crippen LogP contribution is -2.08. The van der Waals surface area contributed by atoms with E-state index in [9.17, 15) is 0 Å². The Morgan fingerprint density at radius 1 is 1.25 bits per heavy atom. The summed E-state index contributed by atoms with van der Waals surface area (Å²) in [4.78, 5) is 2.12. The van der Waals surface area contributed by atoms with Gasteiger partial charge in [0.2, 0.25) is 15.2 Å². The van der Waals surface area contributed by atoms with Crippen molar-refractivity contribution >= 4 is 15.2 Å². The molecule has 0 saturated heterocycles. The first-order chi connectivity index (χ1) is 3.68. The van der Waals surface area contributed by atoms with Crippen molar-refractivity contribution in [3.63, 3.8) is 0 Å². The summed E-state index contributed by atoms with van der Waals surface area (Å²) in [6.07, 6.45) is 0. The average Bonchev–Trinajstić information content (AvgIpc) is 1.69. The summed E-state index contributed by atoms with van der Waals surface area (Å²) in [5.74, 6) is 4.53. The standard InChI is InChI=1S/C4H11N.2CH3.Al.H/c1-4-5(2)3;;;;/h4H2,1-3H3;2*1H3;;. The summed E-state index contributed by atoms with van der Waals surface area (Å²) in [5.41, 5.74) is 0. The van der Waals surface area contributed by atoms with Crippen molar-refractivity contribution in [2.24, 2.45) is 0 Å². The molecule has 0 saturated carbocycles. The molecule has 0 atom stereocenters. The summed E-state index contributed by atoms with van der Waals surface area (Å²) in [6.45, 7) is 3.26. The monoisotopic (exact) mass is 131 g/mol. The summed E-state index contributed by atoms with van der Waals surface area (Å²) in [6, 6.07) is 0. The van der Waals surface area contributed by atoms with Crippen molar-refractivity contribution < 1.29 is 0 Å². The van der Waals surface area contributed by atoms with Gasteiger partial charge in [-0.1, -0.05) is 6.92 Å². The van der Waals surface area contributed by atoms with Gasteiger partial charge in [-0.05, 0) is 20.6 Å². The lowest BCUT2D eigenvalue weighted by molar-refractivity contribution is 0.434. The molecule has 2 heteroatoms. The van der Waals surface area contributed by atoms with Gasteiger partial charge in [0.25, 0.3) is 0 Å². The highest BCUT2D eigenvalue weighted by molar-refractivity contribution is 6.31. The maximum Gasteiger partial charge on any atom is 0.229 e. The van der Waals surface area contributed by atoms with Gasteiger partial charge < -0.3 is 4.90 Å². The predicted octanol–water partition coefficient (Wildman–Crippen LogP) is 1.09. The van der Waals surface area contributed by atoms with Crippen molar-refractivity contribution in [1.29, 1.82) is 0 Å². The highest BCUT2D eigenvalue weighted by Crippen LogP contribution is 1.63. The molecule has 0 spiro atoms. The van der Waals surface area contributed by atoms with Crippen LogP contribution in [0.3, 0.4) is 0 Å². The first kappa shape index (κ1) is 11.3. The summed E-state index contributed by atoms with van der Waals surface area (Å²) < 4.78 is 0. The smallest absolute Gasteiger partial charge is 0.229 e. The van der Waals surface area contributed by atoms with Crippen LogP contribution in [0.15, 0.2) is 0 Å². The molecule has 1 nitrogen and oxygen atoms in total. The van der Waals surface area contributed by atoms with Crippen molar-refractivity contribution in [3.05, 3.63) is 0 Å². The zero-order valence-electron chi connectivity index (χ0n) is 6.86. The average molecular weight is 131 g/mol. The minimum atomic E-state index is 0.417. The zero-order valence-corrected chi connectivity index (χ0v) is 8.28. The van der Waals surface area contributed by atoms with E-state index in [0.29, 0.717) is 15.2 Å². The number of hydrogen-bond donors (Lipinski definition) is 0. The minimum Gasteiger partial charge on any atom is -0.310 e. The molecule has 50 valence electrons. The van der Waals surface area contributed by atoms with Gasteiger partial charge in [-0.15, -0.1) is 11.6 Å². The van der Waals surface area contributed by atoms with Crippen molar-refractivity contribution in [2.45, 2.75) is 18.5 Å². The van der Waals surface area contributed by atoms with Crippen LogP contribution in [0.5, 0.6) is 0 Å². The van der Waals surface area contributed by atoms with Crippen LogP contribution < -0.4 is 0 Å².